The highest BCUT2D eigenvalue weighted by molar-refractivity contribution is 9.10. The zero-order valence-electron chi connectivity index (χ0n) is 16.2. The van der Waals surface area contributed by atoms with Gasteiger partial charge < -0.3 is 15.4 Å². The summed E-state index contributed by atoms with van der Waals surface area (Å²) in [6, 6.07) is 10.2. The van der Waals surface area contributed by atoms with E-state index >= 15 is 0 Å². The number of nitrogens with zero attached hydrogens (tertiary/aromatic N) is 1. The highest BCUT2D eigenvalue weighted by Gasteiger charge is 2.22. The van der Waals surface area contributed by atoms with Gasteiger partial charge in [-0.05, 0) is 60.6 Å². The number of carbonyl (C=O) groups is 2. The minimum atomic E-state index is -0.536. The molecule has 150 valence electrons. The molecule has 0 saturated heterocycles. The summed E-state index contributed by atoms with van der Waals surface area (Å²) in [7, 11) is 3.23. The number of likely N-dealkylation sites (N-methyl/N-ethyl adjacent to an activating group) is 1. The summed E-state index contributed by atoms with van der Waals surface area (Å²) >= 11 is 9.49. The number of ether oxygens (including phenoxy) is 1. The Bertz CT molecular complexity index is 876. The number of aryl methyl sites for hydroxylation is 1. The van der Waals surface area contributed by atoms with Crippen molar-refractivity contribution in [3.8, 4) is 5.75 Å². The maximum Gasteiger partial charge on any atom is 0.241 e. The predicted octanol–water partition coefficient (Wildman–Crippen LogP) is 4.32. The van der Waals surface area contributed by atoms with E-state index in [1.165, 1.54) is 7.11 Å². The highest BCUT2D eigenvalue weighted by atomic mass is 79.9. The quantitative estimate of drug-likeness (QED) is 0.635. The molecule has 0 fully saturated rings. The lowest BCUT2D eigenvalue weighted by Gasteiger charge is -2.24. The van der Waals surface area contributed by atoms with Gasteiger partial charge in [-0.25, -0.2) is 0 Å². The lowest BCUT2D eigenvalue weighted by atomic mass is 10.2. The van der Waals surface area contributed by atoms with Crippen LogP contribution in [0.3, 0.4) is 0 Å². The van der Waals surface area contributed by atoms with Gasteiger partial charge in [-0.1, -0.05) is 23.7 Å². The van der Waals surface area contributed by atoms with E-state index in [1.54, 1.807) is 37.1 Å². The number of hydrogen-bond donors (Lipinski definition) is 2. The second-order valence-electron chi connectivity index (χ2n) is 6.41. The van der Waals surface area contributed by atoms with Crippen LogP contribution in [0.25, 0.3) is 0 Å². The number of hydrogen-bond acceptors (Lipinski definition) is 4. The maximum absolute atomic E-state index is 12.6. The van der Waals surface area contributed by atoms with E-state index in [0.717, 1.165) is 10.0 Å². The van der Waals surface area contributed by atoms with Crippen LogP contribution in [0.2, 0.25) is 5.02 Å². The summed E-state index contributed by atoms with van der Waals surface area (Å²) in [5, 5.41) is 6.22. The van der Waals surface area contributed by atoms with E-state index in [1.807, 2.05) is 25.1 Å². The van der Waals surface area contributed by atoms with Crippen molar-refractivity contribution in [1.29, 1.82) is 0 Å². The third-order valence-electron chi connectivity index (χ3n) is 4.32. The summed E-state index contributed by atoms with van der Waals surface area (Å²) in [5.74, 6) is 0.00987. The van der Waals surface area contributed by atoms with Crippen molar-refractivity contribution in [2.24, 2.45) is 0 Å². The molecule has 2 N–H and O–H groups in total. The van der Waals surface area contributed by atoms with Gasteiger partial charge in [0.1, 0.15) is 5.75 Å². The van der Waals surface area contributed by atoms with E-state index in [0.29, 0.717) is 22.1 Å². The van der Waals surface area contributed by atoms with Crippen LogP contribution in [0, 0.1) is 6.92 Å². The fraction of sp³-hybridized carbons (Fsp3) is 0.300. The normalized spacial score (nSPS) is 11.8. The van der Waals surface area contributed by atoms with Gasteiger partial charge in [-0.15, -0.1) is 0 Å². The zero-order chi connectivity index (χ0) is 20.8. The van der Waals surface area contributed by atoms with E-state index in [2.05, 4.69) is 26.6 Å². The molecule has 2 aromatic carbocycles. The Morgan fingerprint density at radius 3 is 2.54 bits per heavy atom. The van der Waals surface area contributed by atoms with Gasteiger partial charge in [0.25, 0.3) is 0 Å². The van der Waals surface area contributed by atoms with Crippen molar-refractivity contribution < 1.29 is 14.3 Å². The molecule has 1 atom stereocenters. The van der Waals surface area contributed by atoms with Gasteiger partial charge >= 0.3 is 0 Å². The van der Waals surface area contributed by atoms with E-state index in [9.17, 15) is 9.59 Å². The smallest absolute Gasteiger partial charge is 0.241 e. The second kappa shape index (κ2) is 9.91. The van der Waals surface area contributed by atoms with Crippen LogP contribution in [0.15, 0.2) is 40.9 Å². The summed E-state index contributed by atoms with van der Waals surface area (Å²) < 4.78 is 6.08. The van der Waals surface area contributed by atoms with Gasteiger partial charge in [-0.2, -0.15) is 0 Å². The number of rotatable bonds is 7. The fourth-order valence-electron chi connectivity index (χ4n) is 2.48. The molecule has 2 aromatic rings. The van der Waals surface area contributed by atoms with Gasteiger partial charge in [0.2, 0.25) is 11.8 Å². The monoisotopic (exact) mass is 467 g/mol. The SMILES string of the molecule is COc1cc(Cl)c(C)cc1NC(=O)C(C)N(C)CC(=O)Nc1ccccc1Br. The molecule has 0 heterocycles. The number of para-hydroxylation sites is 1. The number of benzene rings is 2. The van der Waals surface area contributed by atoms with Crippen LogP contribution < -0.4 is 15.4 Å². The largest absolute Gasteiger partial charge is 0.495 e. The standard InChI is InChI=1S/C20H23BrClN3O3/c1-12-9-17(18(28-4)10-15(12)22)24-20(27)13(2)25(3)11-19(26)23-16-8-6-5-7-14(16)21/h5-10,13H,11H2,1-4H3,(H,23,26)(H,24,27). The number of nitrogens with one attached hydrogen (secondary N) is 2. The molecule has 0 radical (unpaired) electrons. The van der Waals surface area contributed by atoms with Crippen molar-refractivity contribution in [2.45, 2.75) is 19.9 Å². The molecule has 0 bridgehead atoms. The van der Waals surface area contributed by atoms with Crippen LogP contribution in [-0.2, 0) is 9.59 Å². The molecule has 0 aromatic heterocycles. The lowest BCUT2D eigenvalue weighted by Crippen LogP contribution is -2.43. The Labute approximate surface area is 178 Å². The van der Waals surface area contributed by atoms with E-state index < -0.39 is 6.04 Å². The number of methoxy groups -OCH3 is 1. The Kier molecular flexibility index (Phi) is 7.86. The summed E-state index contributed by atoms with van der Waals surface area (Å²) in [5.41, 5.74) is 2.04. The summed E-state index contributed by atoms with van der Waals surface area (Å²) in [6.45, 7) is 3.64. The molecule has 0 spiro atoms. The molecule has 6 nitrogen and oxygen atoms in total. The number of anilines is 2. The van der Waals surface area contributed by atoms with Crippen molar-refractivity contribution in [2.75, 3.05) is 31.3 Å². The third kappa shape index (κ3) is 5.70. The number of amides is 2. The Balaban J connectivity index is 2.00. The molecule has 28 heavy (non-hydrogen) atoms. The molecule has 8 heteroatoms. The van der Waals surface area contributed by atoms with Crippen molar-refractivity contribution in [3.63, 3.8) is 0 Å². The number of halogens is 2. The molecule has 1 unspecified atom stereocenters. The minimum absolute atomic E-state index is 0.0622. The Morgan fingerprint density at radius 1 is 1.21 bits per heavy atom. The number of carbonyl (C=O) groups excluding carboxylic acids is 2. The molecule has 0 aliphatic carbocycles. The second-order valence-corrected chi connectivity index (χ2v) is 7.67. The topological polar surface area (TPSA) is 70.7 Å². The van der Waals surface area contributed by atoms with Crippen molar-refractivity contribution in [3.05, 3.63) is 51.5 Å². The van der Waals surface area contributed by atoms with Crippen LogP contribution in [0.1, 0.15) is 12.5 Å². The first kappa shape index (κ1) is 22.2. The first-order valence-corrected chi connectivity index (χ1v) is 9.79. The van der Waals surface area contributed by atoms with Crippen molar-refractivity contribution >= 4 is 50.7 Å². The minimum Gasteiger partial charge on any atom is -0.495 e. The average molecular weight is 469 g/mol. The van der Waals surface area contributed by atoms with Crippen LogP contribution in [0.4, 0.5) is 11.4 Å². The maximum atomic E-state index is 12.6. The average Bonchev–Trinajstić information content (AvgIpc) is 2.65. The van der Waals surface area contributed by atoms with Crippen LogP contribution in [0.5, 0.6) is 5.75 Å². The lowest BCUT2D eigenvalue weighted by molar-refractivity contribution is -0.122. The molecular formula is C20H23BrClN3O3. The Morgan fingerprint density at radius 2 is 1.89 bits per heavy atom. The molecule has 0 aliphatic heterocycles. The predicted molar refractivity (Wildman–Crippen MR) is 116 cm³/mol. The van der Waals surface area contributed by atoms with Crippen molar-refractivity contribution in [1.82, 2.24) is 4.90 Å². The summed E-state index contributed by atoms with van der Waals surface area (Å²) in [4.78, 5) is 26.6. The fourth-order valence-corrected chi connectivity index (χ4v) is 3.02. The van der Waals surface area contributed by atoms with Gasteiger partial charge in [0, 0.05) is 15.6 Å². The van der Waals surface area contributed by atoms with Crippen LogP contribution in [-0.4, -0.2) is 43.5 Å². The van der Waals surface area contributed by atoms with Gasteiger partial charge in [-0.3, -0.25) is 14.5 Å². The Hall–Kier alpha value is -2.09. The van der Waals surface area contributed by atoms with Crippen LogP contribution >= 0.6 is 27.5 Å². The summed E-state index contributed by atoms with van der Waals surface area (Å²) in [6.07, 6.45) is 0. The van der Waals surface area contributed by atoms with E-state index in [-0.39, 0.29) is 18.4 Å². The first-order chi connectivity index (χ1) is 13.2. The molecule has 2 amide bonds. The molecule has 0 saturated carbocycles. The highest BCUT2D eigenvalue weighted by Crippen LogP contribution is 2.31. The first-order valence-electron chi connectivity index (χ1n) is 8.62. The molecule has 0 aliphatic rings. The van der Waals surface area contributed by atoms with E-state index in [4.69, 9.17) is 16.3 Å². The molecular weight excluding hydrogens is 446 g/mol. The zero-order valence-corrected chi connectivity index (χ0v) is 18.5. The third-order valence-corrected chi connectivity index (χ3v) is 5.42. The van der Waals surface area contributed by atoms with Gasteiger partial charge in [0.05, 0.1) is 31.1 Å². The molecule has 2 rings (SSSR count). The van der Waals surface area contributed by atoms with Gasteiger partial charge in [0.15, 0.2) is 0 Å².